The van der Waals surface area contributed by atoms with Crippen LogP contribution in [0.3, 0.4) is 0 Å². The van der Waals surface area contributed by atoms with Crippen LogP contribution in [0.1, 0.15) is 6.92 Å². The highest BCUT2D eigenvalue weighted by Crippen LogP contribution is 2.06. The van der Waals surface area contributed by atoms with Crippen molar-refractivity contribution in [3.8, 4) is 0 Å². The van der Waals surface area contributed by atoms with Crippen molar-refractivity contribution in [3.63, 3.8) is 0 Å². The van der Waals surface area contributed by atoms with Crippen molar-refractivity contribution >= 4 is 16.0 Å². The number of amidine groups is 1. The van der Waals surface area contributed by atoms with Crippen LogP contribution in [0.25, 0.3) is 0 Å². The predicted octanol–water partition coefficient (Wildman–Crippen LogP) is -1.14. The molecule has 8 heteroatoms. The molecule has 0 aromatic heterocycles. The van der Waals surface area contributed by atoms with Gasteiger partial charge in [-0.25, -0.2) is 0 Å². The smallest absolute Gasteiger partial charge is 0.281 e. The number of rotatable bonds is 4. The first-order valence-corrected chi connectivity index (χ1v) is 5.27. The third-order valence-corrected chi connectivity index (χ3v) is 3.88. The minimum atomic E-state index is -3.54. The molecule has 7 nitrogen and oxygen atoms in total. The van der Waals surface area contributed by atoms with Crippen molar-refractivity contribution in [2.24, 2.45) is 10.9 Å². The van der Waals surface area contributed by atoms with E-state index in [-0.39, 0.29) is 5.84 Å². The molecule has 0 aromatic carbocycles. The molecule has 0 radical (unpaired) electrons. The van der Waals surface area contributed by atoms with E-state index >= 15 is 0 Å². The summed E-state index contributed by atoms with van der Waals surface area (Å²) in [5.74, 6) is -0.155. The fourth-order valence-electron chi connectivity index (χ4n) is 0.727. The molecule has 1 atom stereocenters. The van der Waals surface area contributed by atoms with Crippen molar-refractivity contribution in [1.29, 1.82) is 0 Å². The number of hydrogen-bond donors (Lipinski definition) is 2. The van der Waals surface area contributed by atoms with Gasteiger partial charge in [0, 0.05) is 21.1 Å². The Morgan fingerprint density at radius 2 is 1.86 bits per heavy atom. The van der Waals surface area contributed by atoms with Crippen LogP contribution >= 0.6 is 0 Å². The van der Waals surface area contributed by atoms with E-state index < -0.39 is 16.3 Å². The van der Waals surface area contributed by atoms with Crippen LogP contribution in [-0.4, -0.2) is 55.3 Å². The van der Waals surface area contributed by atoms with E-state index in [9.17, 15) is 8.42 Å². The van der Waals surface area contributed by atoms with Gasteiger partial charge in [-0.3, -0.25) is 0 Å². The number of hydrogen-bond acceptors (Lipinski definition) is 4. The van der Waals surface area contributed by atoms with E-state index in [1.165, 1.54) is 28.1 Å². The highest BCUT2D eigenvalue weighted by Gasteiger charge is 2.27. The lowest BCUT2D eigenvalue weighted by Crippen LogP contribution is -2.47. The lowest BCUT2D eigenvalue weighted by molar-refractivity contribution is 0.310. The molecule has 0 spiro atoms. The van der Waals surface area contributed by atoms with E-state index in [2.05, 4.69) is 5.16 Å². The van der Waals surface area contributed by atoms with E-state index in [1.807, 2.05) is 0 Å². The maximum absolute atomic E-state index is 11.6. The molecule has 84 valence electrons. The summed E-state index contributed by atoms with van der Waals surface area (Å²) in [6.45, 7) is 1.52. The van der Waals surface area contributed by atoms with Crippen LogP contribution in [0.2, 0.25) is 0 Å². The molecule has 1 unspecified atom stereocenters. The van der Waals surface area contributed by atoms with Crippen LogP contribution in [0, 0.1) is 0 Å². The van der Waals surface area contributed by atoms with Crippen LogP contribution in [-0.2, 0) is 10.2 Å². The highest BCUT2D eigenvalue weighted by atomic mass is 32.2. The van der Waals surface area contributed by atoms with Crippen LogP contribution in [0.15, 0.2) is 5.16 Å². The maximum Gasteiger partial charge on any atom is 0.281 e. The molecule has 0 aliphatic rings. The first kappa shape index (κ1) is 13.1. The number of oxime groups is 1. The maximum atomic E-state index is 11.6. The second kappa shape index (κ2) is 4.58. The molecule has 14 heavy (non-hydrogen) atoms. The third kappa shape index (κ3) is 2.56. The Morgan fingerprint density at radius 1 is 1.43 bits per heavy atom. The first-order chi connectivity index (χ1) is 6.25. The minimum Gasteiger partial charge on any atom is -0.409 e. The molecule has 0 heterocycles. The topological polar surface area (TPSA) is 99.2 Å². The Balaban J connectivity index is 4.89. The van der Waals surface area contributed by atoms with Gasteiger partial charge < -0.3 is 10.9 Å². The highest BCUT2D eigenvalue weighted by molar-refractivity contribution is 7.86. The molecule has 0 saturated carbocycles. The summed E-state index contributed by atoms with van der Waals surface area (Å²) in [4.78, 5) is 0. The zero-order valence-electron chi connectivity index (χ0n) is 8.67. The van der Waals surface area contributed by atoms with E-state index in [0.717, 1.165) is 8.61 Å². The molecule has 0 fully saturated rings. The van der Waals surface area contributed by atoms with Gasteiger partial charge in [-0.2, -0.15) is 17.0 Å². The van der Waals surface area contributed by atoms with Gasteiger partial charge in [0.15, 0.2) is 5.84 Å². The van der Waals surface area contributed by atoms with Gasteiger partial charge >= 0.3 is 0 Å². The summed E-state index contributed by atoms with van der Waals surface area (Å²) in [5.41, 5.74) is 5.29. The third-order valence-electron chi connectivity index (χ3n) is 1.91. The summed E-state index contributed by atoms with van der Waals surface area (Å²) < 4.78 is 25.2. The summed E-state index contributed by atoms with van der Waals surface area (Å²) in [6, 6.07) is -0.688. The van der Waals surface area contributed by atoms with Gasteiger partial charge in [-0.05, 0) is 6.92 Å². The van der Waals surface area contributed by atoms with Gasteiger partial charge in [0.2, 0.25) is 0 Å². The van der Waals surface area contributed by atoms with Crippen molar-refractivity contribution in [3.05, 3.63) is 0 Å². The largest absolute Gasteiger partial charge is 0.409 e. The number of nitrogens with zero attached hydrogens (tertiary/aromatic N) is 3. The molecule has 0 rings (SSSR count). The van der Waals surface area contributed by atoms with Gasteiger partial charge in [-0.1, -0.05) is 5.16 Å². The van der Waals surface area contributed by atoms with Crippen molar-refractivity contribution in [2.45, 2.75) is 13.0 Å². The number of nitrogens with two attached hydrogens (primary N) is 1. The summed E-state index contributed by atoms with van der Waals surface area (Å²) >= 11 is 0. The Bertz CT molecular complexity index is 311. The SMILES string of the molecule is CC(C(N)=NO)N(C)S(=O)(=O)N(C)C. The van der Waals surface area contributed by atoms with Gasteiger partial charge in [0.05, 0.1) is 6.04 Å². The number of likely N-dealkylation sites (N-methyl/N-ethyl adjacent to an activating group) is 1. The summed E-state index contributed by atoms with van der Waals surface area (Å²) in [5, 5.41) is 11.1. The fourth-order valence-corrected chi connectivity index (χ4v) is 1.75. The first-order valence-electron chi connectivity index (χ1n) is 3.88. The second-order valence-electron chi connectivity index (χ2n) is 3.01. The van der Waals surface area contributed by atoms with Crippen molar-refractivity contribution in [1.82, 2.24) is 8.61 Å². The molecule has 0 aromatic rings. The molecule has 3 N–H and O–H groups in total. The van der Waals surface area contributed by atoms with Gasteiger partial charge in [0.1, 0.15) is 0 Å². The zero-order valence-corrected chi connectivity index (χ0v) is 9.48. The van der Waals surface area contributed by atoms with E-state index in [4.69, 9.17) is 10.9 Å². The van der Waals surface area contributed by atoms with Crippen LogP contribution < -0.4 is 5.73 Å². The predicted molar refractivity (Wildman–Crippen MR) is 53.2 cm³/mol. The summed E-state index contributed by atoms with van der Waals surface area (Å²) in [6.07, 6.45) is 0. The normalized spacial score (nSPS) is 16.3. The monoisotopic (exact) mass is 224 g/mol. The quantitative estimate of drug-likeness (QED) is 0.273. The average molecular weight is 224 g/mol. The van der Waals surface area contributed by atoms with Crippen LogP contribution in [0.4, 0.5) is 0 Å². The van der Waals surface area contributed by atoms with E-state index in [1.54, 1.807) is 0 Å². The zero-order chi connectivity index (χ0) is 11.5. The van der Waals surface area contributed by atoms with Gasteiger partial charge in [-0.15, -0.1) is 0 Å². The Kier molecular flexibility index (Phi) is 4.30. The fraction of sp³-hybridized carbons (Fsp3) is 0.833. The Labute approximate surface area is 84.0 Å². The van der Waals surface area contributed by atoms with Crippen molar-refractivity contribution < 1.29 is 13.6 Å². The molecular formula is C6H16N4O3S. The molecule has 0 aliphatic heterocycles. The van der Waals surface area contributed by atoms with Crippen molar-refractivity contribution in [2.75, 3.05) is 21.1 Å². The summed E-state index contributed by atoms with van der Waals surface area (Å²) in [7, 11) is 0.638. The second-order valence-corrected chi connectivity index (χ2v) is 5.21. The minimum absolute atomic E-state index is 0.155. The van der Waals surface area contributed by atoms with Gasteiger partial charge in [0.25, 0.3) is 10.2 Å². The molecule has 0 amide bonds. The molecular weight excluding hydrogens is 208 g/mol. The molecule has 0 saturated heterocycles. The standard InChI is InChI=1S/C6H16N4O3S/c1-5(6(7)8-11)10(4)14(12,13)9(2)3/h5,11H,1-4H3,(H2,7,8). The van der Waals surface area contributed by atoms with E-state index in [0.29, 0.717) is 0 Å². The average Bonchev–Trinajstić information content (AvgIpc) is 2.13. The lowest BCUT2D eigenvalue weighted by Gasteiger charge is -2.25. The Hall–Kier alpha value is -0.860. The lowest BCUT2D eigenvalue weighted by atomic mass is 10.3. The van der Waals surface area contributed by atoms with Crippen LogP contribution in [0.5, 0.6) is 0 Å². The molecule has 0 aliphatic carbocycles. The molecule has 0 bridgehead atoms. The Morgan fingerprint density at radius 3 is 2.14 bits per heavy atom.